The molecule has 4 heteroatoms. The molecule has 17 heavy (non-hydrogen) atoms. The number of carbonyl (C=O) groups is 1. The second-order valence-electron chi connectivity index (χ2n) is 4.70. The van der Waals surface area contributed by atoms with E-state index < -0.39 is 11.7 Å². The summed E-state index contributed by atoms with van der Waals surface area (Å²) < 4.78 is 7.78. The Kier molecular flexibility index (Phi) is 4.87. The van der Waals surface area contributed by atoms with Gasteiger partial charge in [0.25, 0.3) is 0 Å². The lowest BCUT2D eigenvalue weighted by Gasteiger charge is -2.19. The van der Waals surface area contributed by atoms with Crippen LogP contribution in [-0.2, 0) is 11.2 Å². The third kappa shape index (κ3) is 5.63. The molecule has 0 aromatic heterocycles. The van der Waals surface area contributed by atoms with E-state index in [2.05, 4.69) is 23.8 Å². The number of amides is 1. The minimum Gasteiger partial charge on any atom is -0.443 e. The molecular weight excluding hydrogens is 234 g/mol. The van der Waals surface area contributed by atoms with Gasteiger partial charge < -0.3 is 4.74 Å². The van der Waals surface area contributed by atoms with Crippen molar-refractivity contribution < 1.29 is 9.53 Å². The maximum Gasteiger partial charge on any atom is 0.418 e. The summed E-state index contributed by atoms with van der Waals surface area (Å²) in [5, 5.41) is 0. The van der Waals surface area contributed by atoms with Crippen molar-refractivity contribution in [2.75, 3.05) is 0 Å². The lowest BCUT2D eigenvalue weighted by atomic mass is 10.2. The number of rotatable bonds is 3. The monoisotopic (exact) mass is 253 g/mol. The largest absolute Gasteiger partial charge is 0.443 e. The lowest BCUT2D eigenvalue weighted by Crippen LogP contribution is -2.29. The van der Waals surface area contributed by atoms with E-state index in [9.17, 15) is 4.79 Å². The first kappa shape index (κ1) is 13.9. The lowest BCUT2D eigenvalue weighted by molar-refractivity contribution is 0.0574. The number of benzene rings is 1. The number of ether oxygens (including phenoxy) is 1. The second kappa shape index (κ2) is 5.96. The maximum atomic E-state index is 11.4. The highest BCUT2D eigenvalue weighted by atomic mass is 32.2. The van der Waals surface area contributed by atoms with Crippen LogP contribution in [0.2, 0.25) is 0 Å². The number of hydrogen-bond acceptors (Lipinski definition) is 3. The van der Waals surface area contributed by atoms with Crippen LogP contribution in [0.25, 0.3) is 0 Å². The van der Waals surface area contributed by atoms with Crippen molar-refractivity contribution >= 4 is 18.0 Å². The summed E-state index contributed by atoms with van der Waals surface area (Å²) in [4.78, 5) is 12.4. The van der Waals surface area contributed by atoms with E-state index in [1.807, 2.05) is 32.9 Å². The highest BCUT2D eigenvalue weighted by molar-refractivity contribution is 7.98. The van der Waals surface area contributed by atoms with Gasteiger partial charge in [-0.2, -0.15) is 0 Å². The summed E-state index contributed by atoms with van der Waals surface area (Å²) in [5.41, 5.74) is 0.822. The number of carbonyl (C=O) groups excluding carboxylic acids is 1. The van der Waals surface area contributed by atoms with Gasteiger partial charge in [0, 0.05) is 4.90 Å². The highest BCUT2D eigenvalue weighted by Crippen LogP contribution is 2.16. The number of nitrogens with one attached hydrogen (secondary N) is 1. The maximum absolute atomic E-state index is 11.4. The van der Waals surface area contributed by atoms with Gasteiger partial charge in [0.1, 0.15) is 5.60 Å². The van der Waals surface area contributed by atoms with Gasteiger partial charge in [-0.05, 0) is 56.8 Å². The molecule has 1 aromatic rings. The van der Waals surface area contributed by atoms with Crippen LogP contribution in [0.15, 0.2) is 29.2 Å². The third-order valence-electron chi connectivity index (χ3n) is 1.98. The molecule has 1 N–H and O–H groups in total. The van der Waals surface area contributed by atoms with Crippen molar-refractivity contribution in [2.45, 2.75) is 44.6 Å². The molecular formula is C13H19NO2S. The normalized spacial score (nSPS) is 11.1. The van der Waals surface area contributed by atoms with Gasteiger partial charge in [0.15, 0.2) is 0 Å². The van der Waals surface area contributed by atoms with E-state index in [-0.39, 0.29) is 0 Å². The Morgan fingerprint density at radius 3 is 2.35 bits per heavy atom. The van der Waals surface area contributed by atoms with Crippen LogP contribution in [0.4, 0.5) is 4.79 Å². The number of hydrogen-bond donors (Lipinski definition) is 1. The fourth-order valence-electron chi connectivity index (χ4n) is 1.19. The molecule has 3 nitrogen and oxygen atoms in total. The van der Waals surface area contributed by atoms with Crippen LogP contribution >= 0.6 is 11.9 Å². The predicted octanol–water partition coefficient (Wildman–Crippen LogP) is 3.78. The summed E-state index contributed by atoms with van der Waals surface area (Å²) in [7, 11) is 0. The average Bonchev–Trinajstić information content (AvgIpc) is 2.25. The summed E-state index contributed by atoms with van der Waals surface area (Å²) in [5.74, 6) is 0. The zero-order chi connectivity index (χ0) is 12.9. The van der Waals surface area contributed by atoms with Crippen LogP contribution in [0.3, 0.4) is 0 Å². The van der Waals surface area contributed by atoms with Gasteiger partial charge in [-0.1, -0.05) is 19.1 Å². The van der Waals surface area contributed by atoms with Crippen molar-refractivity contribution in [1.82, 2.24) is 4.72 Å². The van der Waals surface area contributed by atoms with Crippen molar-refractivity contribution in [2.24, 2.45) is 0 Å². The molecule has 0 spiro atoms. The third-order valence-corrected chi connectivity index (χ3v) is 2.76. The molecule has 0 saturated carbocycles. The van der Waals surface area contributed by atoms with E-state index in [0.717, 1.165) is 11.3 Å². The first-order chi connectivity index (χ1) is 7.90. The van der Waals surface area contributed by atoms with Gasteiger partial charge in [-0.25, -0.2) is 4.79 Å². The molecule has 0 radical (unpaired) electrons. The van der Waals surface area contributed by atoms with Crippen molar-refractivity contribution in [1.29, 1.82) is 0 Å². The van der Waals surface area contributed by atoms with Crippen LogP contribution in [-0.4, -0.2) is 11.7 Å². The fraction of sp³-hybridized carbons (Fsp3) is 0.462. The predicted molar refractivity (Wildman–Crippen MR) is 71.0 cm³/mol. The molecule has 1 rings (SSSR count). The molecule has 0 heterocycles. The van der Waals surface area contributed by atoms with E-state index >= 15 is 0 Å². The van der Waals surface area contributed by atoms with Gasteiger partial charge in [-0.15, -0.1) is 0 Å². The van der Waals surface area contributed by atoms with Crippen LogP contribution in [0.5, 0.6) is 0 Å². The molecule has 1 amide bonds. The van der Waals surface area contributed by atoms with E-state index in [1.54, 1.807) is 0 Å². The summed E-state index contributed by atoms with van der Waals surface area (Å²) in [6.45, 7) is 7.63. The summed E-state index contributed by atoms with van der Waals surface area (Å²) in [6.07, 6.45) is 0.604. The average molecular weight is 253 g/mol. The van der Waals surface area contributed by atoms with Gasteiger partial charge in [0.05, 0.1) is 0 Å². The minimum absolute atomic E-state index is 0.415. The Balaban J connectivity index is 2.42. The van der Waals surface area contributed by atoms with Crippen LogP contribution in [0.1, 0.15) is 33.3 Å². The Morgan fingerprint density at radius 2 is 1.88 bits per heavy atom. The van der Waals surface area contributed by atoms with Crippen molar-refractivity contribution in [3.05, 3.63) is 29.8 Å². The van der Waals surface area contributed by atoms with Crippen LogP contribution in [0, 0.1) is 0 Å². The summed E-state index contributed by atoms with van der Waals surface area (Å²) >= 11 is 1.26. The van der Waals surface area contributed by atoms with Crippen molar-refractivity contribution in [3.8, 4) is 0 Å². The second-order valence-corrected chi connectivity index (χ2v) is 5.58. The molecule has 94 valence electrons. The molecule has 0 saturated heterocycles. The van der Waals surface area contributed by atoms with E-state index in [1.165, 1.54) is 17.5 Å². The summed E-state index contributed by atoms with van der Waals surface area (Å²) in [6, 6.07) is 8.08. The molecule has 1 aromatic carbocycles. The van der Waals surface area contributed by atoms with Crippen LogP contribution < -0.4 is 4.72 Å². The standard InChI is InChI=1S/C13H19NO2S/c1-5-10-6-8-11(9-7-10)17-14-12(15)16-13(2,3)4/h6-9H,5H2,1-4H3,(H,14,15). The van der Waals surface area contributed by atoms with Crippen molar-refractivity contribution in [3.63, 3.8) is 0 Å². The van der Waals surface area contributed by atoms with Gasteiger partial charge in [0.2, 0.25) is 0 Å². The zero-order valence-electron chi connectivity index (χ0n) is 10.7. The van der Waals surface area contributed by atoms with E-state index in [4.69, 9.17) is 4.74 Å². The molecule has 0 atom stereocenters. The number of aryl methyl sites for hydroxylation is 1. The molecule has 0 aliphatic heterocycles. The Morgan fingerprint density at radius 1 is 1.29 bits per heavy atom. The molecule has 0 fully saturated rings. The Bertz CT molecular complexity index is 368. The van der Waals surface area contributed by atoms with E-state index in [0.29, 0.717) is 0 Å². The quantitative estimate of drug-likeness (QED) is 0.833. The van der Waals surface area contributed by atoms with Gasteiger partial charge in [-0.3, -0.25) is 4.72 Å². The highest BCUT2D eigenvalue weighted by Gasteiger charge is 2.15. The molecule has 0 bridgehead atoms. The SMILES string of the molecule is CCc1ccc(SNC(=O)OC(C)(C)C)cc1. The molecule has 0 aliphatic carbocycles. The van der Waals surface area contributed by atoms with Gasteiger partial charge >= 0.3 is 6.09 Å². The molecule has 0 unspecified atom stereocenters. The first-order valence-corrected chi connectivity index (χ1v) is 6.47. The Hall–Kier alpha value is -1.16. The Labute approximate surface area is 107 Å². The minimum atomic E-state index is -0.462. The first-order valence-electron chi connectivity index (χ1n) is 5.65. The smallest absolute Gasteiger partial charge is 0.418 e. The zero-order valence-corrected chi connectivity index (χ0v) is 11.6. The fourth-order valence-corrected chi connectivity index (χ4v) is 1.71. The molecule has 0 aliphatic rings. The topological polar surface area (TPSA) is 38.3 Å².